The fourth-order valence-electron chi connectivity index (χ4n) is 1.97. The van der Waals surface area contributed by atoms with E-state index in [4.69, 9.17) is 9.47 Å². The molecule has 0 fully saturated rings. The van der Waals surface area contributed by atoms with Crippen LogP contribution in [-0.2, 0) is 6.18 Å². The molecule has 1 atom stereocenters. The molecular weight excluding hydrogens is 347 g/mol. The Labute approximate surface area is 150 Å². The second kappa shape index (κ2) is 8.73. The van der Waals surface area contributed by atoms with Crippen LogP contribution in [0.15, 0.2) is 30.5 Å². The molecule has 1 heterocycles. The molecule has 0 spiro atoms. The molecule has 1 N–H and O–H groups in total. The Morgan fingerprint density at radius 2 is 1.85 bits per heavy atom. The summed E-state index contributed by atoms with van der Waals surface area (Å²) in [5, 5.41) is 2.87. The van der Waals surface area contributed by atoms with Crippen LogP contribution < -0.4 is 14.8 Å². The number of ether oxygens (including phenoxy) is 2. The van der Waals surface area contributed by atoms with E-state index in [1.807, 2.05) is 13.8 Å². The molecule has 0 radical (unpaired) electrons. The predicted molar refractivity (Wildman–Crippen MR) is 92.9 cm³/mol. The number of rotatable bonds is 8. The van der Waals surface area contributed by atoms with E-state index in [9.17, 15) is 13.2 Å². The van der Waals surface area contributed by atoms with Crippen LogP contribution in [0.1, 0.15) is 39.2 Å². The van der Waals surface area contributed by atoms with Crippen LogP contribution in [0.3, 0.4) is 0 Å². The molecule has 0 saturated heterocycles. The highest BCUT2D eigenvalue weighted by atomic mass is 19.4. The lowest BCUT2D eigenvalue weighted by Crippen LogP contribution is -2.17. The zero-order valence-corrected chi connectivity index (χ0v) is 14.9. The number of alkyl halides is 3. The van der Waals surface area contributed by atoms with E-state index < -0.39 is 23.7 Å². The van der Waals surface area contributed by atoms with Crippen LogP contribution in [0.25, 0.3) is 0 Å². The molecule has 0 aliphatic rings. The molecule has 2 aromatic rings. The topological polar surface area (TPSA) is 56.3 Å². The number of halogens is 3. The Hall–Kier alpha value is -2.51. The third-order valence-corrected chi connectivity index (χ3v) is 3.53. The van der Waals surface area contributed by atoms with Gasteiger partial charge < -0.3 is 14.8 Å². The Balaban J connectivity index is 2.20. The van der Waals surface area contributed by atoms with E-state index in [2.05, 4.69) is 15.3 Å². The molecule has 1 unspecified atom stereocenters. The van der Waals surface area contributed by atoms with Crippen molar-refractivity contribution in [2.75, 3.05) is 11.9 Å². The number of nitrogens with zero attached hydrogens (tertiary/aromatic N) is 2. The average Bonchev–Trinajstić information content (AvgIpc) is 2.60. The van der Waals surface area contributed by atoms with Gasteiger partial charge in [-0.3, -0.25) is 0 Å². The van der Waals surface area contributed by atoms with Crippen molar-refractivity contribution < 1.29 is 22.6 Å². The molecule has 5 nitrogen and oxygen atoms in total. The van der Waals surface area contributed by atoms with E-state index >= 15 is 0 Å². The number of anilines is 2. The molecule has 0 saturated carbocycles. The van der Waals surface area contributed by atoms with Gasteiger partial charge in [0.1, 0.15) is 11.3 Å². The van der Waals surface area contributed by atoms with Crippen LogP contribution in [0.2, 0.25) is 0 Å². The molecule has 2 rings (SSSR count). The van der Waals surface area contributed by atoms with E-state index in [1.165, 1.54) is 0 Å². The van der Waals surface area contributed by atoms with Gasteiger partial charge in [-0.2, -0.15) is 18.2 Å². The van der Waals surface area contributed by atoms with E-state index in [0.29, 0.717) is 24.5 Å². The lowest BCUT2D eigenvalue weighted by Gasteiger charge is -2.17. The van der Waals surface area contributed by atoms with Gasteiger partial charge in [0.2, 0.25) is 11.8 Å². The summed E-state index contributed by atoms with van der Waals surface area (Å²) in [5.74, 6) is 0.261. The van der Waals surface area contributed by atoms with Gasteiger partial charge in [-0.15, -0.1) is 0 Å². The highest BCUT2D eigenvalue weighted by Crippen LogP contribution is 2.36. The lowest BCUT2D eigenvalue weighted by atomic mass is 10.3. The Morgan fingerprint density at radius 1 is 1.15 bits per heavy atom. The van der Waals surface area contributed by atoms with Gasteiger partial charge in [0.05, 0.1) is 12.7 Å². The van der Waals surface area contributed by atoms with Crippen LogP contribution in [-0.4, -0.2) is 22.7 Å². The summed E-state index contributed by atoms with van der Waals surface area (Å²) in [7, 11) is 0. The van der Waals surface area contributed by atoms with Crippen LogP contribution in [0.5, 0.6) is 11.6 Å². The molecule has 1 aromatic heterocycles. The lowest BCUT2D eigenvalue weighted by molar-refractivity contribution is -0.139. The molecule has 0 amide bonds. The molecule has 0 bridgehead atoms. The number of benzene rings is 1. The third kappa shape index (κ3) is 5.50. The van der Waals surface area contributed by atoms with Gasteiger partial charge in [0, 0.05) is 11.9 Å². The Morgan fingerprint density at radius 3 is 2.42 bits per heavy atom. The molecule has 1 aromatic carbocycles. The fourth-order valence-corrected chi connectivity index (χ4v) is 1.97. The van der Waals surface area contributed by atoms with Crippen LogP contribution in [0.4, 0.5) is 24.8 Å². The standard InChI is InChI=1S/C18H22F3N3O2/c1-4-10-25-14-8-6-13(7-9-14)23-17-22-11-15(18(19,20)21)16(24-17)26-12(3)5-2/h6-9,11-12H,4-5,10H2,1-3H3,(H,22,23,24). The summed E-state index contributed by atoms with van der Waals surface area (Å²) in [6.45, 7) is 6.13. The summed E-state index contributed by atoms with van der Waals surface area (Å²) in [4.78, 5) is 7.65. The summed E-state index contributed by atoms with van der Waals surface area (Å²) in [6, 6.07) is 7.00. The maximum Gasteiger partial charge on any atom is 0.423 e. The molecule has 0 aliphatic carbocycles. The van der Waals surface area contributed by atoms with Crippen molar-refractivity contribution in [3.63, 3.8) is 0 Å². The van der Waals surface area contributed by atoms with Crippen molar-refractivity contribution in [1.29, 1.82) is 0 Å². The summed E-state index contributed by atoms with van der Waals surface area (Å²) in [6.07, 6.45) is -2.79. The number of nitrogens with one attached hydrogen (secondary N) is 1. The van der Waals surface area contributed by atoms with Crippen LogP contribution in [0, 0.1) is 0 Å². The first-order valence-corrected chi connectivity index (χ1v) is 8.44. The van der Waals surface area contributed by atoms with Crippen LogP contribution >= 0.6 is 0 Å². The summed E-state index contributed by atoms with van der Waals surface area (Å²) < 4.78 is 50.2. The van der Waals surface area contributed by atoms with Crippen molar-refractivity contribution in [3.8, 4) is 11.6 Å². The largest absolute Gasteiger partial charge is 0.494 e. The first kappa shape index (κ1) is 19.8. The third-order valence-electron chi connectivity index (χ3n) is 3.53. The van der Waals surface area contributed by atoms with Gasteiger partial charge in [0.25, 0.3) is 0 Å². The quantitative estimate of drug-likeness (QED) is 0.693. The summed E-state index contributed by atoms with van der Waals surface area (Å²) in [5.41, 5.74) is -0.366. The highest BCUT2D eigenvalue weighted by Gasteiger charge is 2.36. The number of aromatic nitrogens is 2. The molecule has 0 aliphatic heterocycles. The maximum atomic E-state index is 13.1. The molecule has 142 valence electrons. The Kier molecular flexibility index (Phi) is 6.65. The smallest absolute Gasteiger partial charge is 0.423 e. The average molecular weight is 369 g/mol. The van der Waals surface area contributed by atoms with Gasteiger partial charge in [0.15, 0.2) is 0 Å². The highest BCUT2D eigenvalue weighted by molar-refractivity contribution is 5.55. The predicted octanol–water partition coefficient (Wildman–Crippen LogP) is 5.21. The van der Waals surface area contributed by atoms with Crippen molar-refractivity contribution in [3.05, 3.63) is 36.0 Å². The van der Waals surface area contributed by atoms with E-state index in [0.717, 1.165) is 12.6 Å². The minimum Gasteiger partial charge on any atom is -0.494 e. The van der Waals surface area contributed by atoms with Crippen molar-refractivity contribution in [1.82, 2.24) is 9.97 Å². The number of hydrogen-bond acceptors (Lipinski definition) is 5. The maximum absolute atomic E-state index is 13.1. The monoisotopic (exact) mass is 369 g/mol. The van der Waals surface area contributed by atoms with E-state index in [1.54, 1.807) is 31.2 Å². The van der Waals surface area contributed by atoms with Gasteiger partial charge in [-0.05, 0) is 44.0 Å². The minimum absolute atomic E-state index is 0.0264. The normalized spacial score (nSPS) is 12.5. The zero-order chi connectivity index (χ0) is 19.2. The number of hydrogen-bond donors (Lipinski definition) is 1. The zero-order valence-electron chi connectivity index (χ0n) is 14.9. The second-order valence-electron chi connectivity index (χ2n) is 5.74. The SMILES string of the molecule is CCCOc1ccc(Nc2ncc(C(F)(F)F)c(OC(C)CC)n2)cc1. The molecular formula is C18H22F3N3O2. The van der Waals surface area contributed by atoms with E-state index in [-0.39, 0.29) is 5.95 Å². The van der Waals surface area contributed by atoms with Gasteiger partial charge >= 0.3 is 6.18 Å². The second-order valence-corrected chi connectivity index (χ2v) is 5.74. The van der Waals surface area contributed by atoms with Gasteiger partial charge in [-0.25, -0.2) is 4.98 Å². The minimum atomic E-state index is -4.58. The summed E-state index contributed by atoms with van der Waals surface area (Å²) >= 11 is 0. The fraction of sp³-hybridized carbons (Fsp3) is 0.444. The van der Waals surface area contributed by atoms with Crippen molar-refractivity contribution in [2.24, 2.45) is 0 Å². The Bertz CT molecular complexity index is 706. The van der Waals surface area contributed by atoms with Crippen molar-refractivity contribution >= 4 is 11.6 Å². The van der Waals surface area contributed by atoms with Crippen molar-refractivity contribution in [2.45, 2.75) is 45.9 Å². The molecule has 26 heavy (non-hydrogen) atoms. The molecule has 8 heteroatoms. The first-order chi connectivity index (χ1) is 12.3. The van der Waals surface area contributed by atoms with Gasteiger partial charge in [-0.1, -0.05) is 13.8 Å². The first-order valence-electron chi connectivity index (χ1n) is 8.44.